The molecule has 0 aromatic rings. The third kappa shape index (κ3) is 23.2. The Labute approximate surface area is 230 Å². The summed E-state index contributed by atoms with van der Waals surface area (Å²) in [7, 11) is 0.965. The van der Waals surface area contributed by atoms with Crippen LogP contribution in [0.1, 0.15) is 142 Å². The SMILES string of the molecule is CCCCCCCCCC/C=C\CCCC/C=C\CCCCCCCCC(O)(C[N+](C)(C)C)P(=O)(O)O. The highest BCUT2D eigenvalue weighted by molar-refractivity contribution is 7.53. The Morgan fingerprint density at radius 1 is 0.595 bits per heavy atom. The van der Waals surface area contributed by atoms with E-state index in [1.54, 1.807) is 0 Å². The number of nitrogens with zero attached hydrogens (tertiary/aromatic N) is 1. The van der Waals surface area contributed by atoms with Gasteiger partial charge in [0.05, 0.1) is 21.1 Å². The zero-order chi connectivity index (χ0) is 27.9. The summed E-state index contributed by atoms with van der Waals surface area (Å²) in [6, 6.07) is 0. The lowest BCUT2D eigenvalue weighted by Crippen LogP contribution is -2.49. The number of quaternary nitrogens is 1. The summed E-state index contributed by atoms with van der Waals surface area (Å²) in [6.45, 7) is 2.33. The lowest BCUT2D eigenvalue weighted by Gasteiger charge is -2.35. The first kappa shape index (κ1) is 36.5. The van der Waals surface area contributed by atoms with E-state index in [4.69, 9.17) is 0 Å². The summed E-state index contributed by atoms with van der Waals surface area (Å²) in [6.07, 6.45) is 34.2. The van der Waals surface area contributed by atoms with Gasteiger partial charge in [0.2, 0.25) is 5.34 Å². The minimum Gasteiger partial charge on any atom is -0.373 e. The van der Waals surface area contributed by atoms with Crippen LogP contribution in [0.4, 0.5) is 0 Å². The number of hydrogen-bond acceptors (Lipinski definition) is 2. The van der Waals surface area contributed by atoms with Gasteiger partial charge in [0.25, 0.3) is 0 Å². The van der Waals surface area contributed by atoms with Crippen LogP contribution in [0.2, 0.25) is 0 Å². The molecule has 0 aromatic heterocycles. The van der Waals surface area contributed by atoms with Crippen LogP contribution in [0.15, 0.2) is 24.3 Å². The maximum atomic E-state index is 11.8. The van der Waals surface area contributed by atoms with Crippen LogP contribution in [0.25, 0.3) is 0 Å². The van der Waals surface area contributed by atoms with E-state index in [2.05, 4.69) is 31.2 Å². The van der Waals surface area contributed by atoms with E-state index >= 15 is 0 Å². The molecule has 0 fully saturated rings. The number of rotatable bonds is 26. The van der Waals surface area contributed by atoms with E-state index in [-0.39, 0.29) is 13.0 Å². The Morgan fingerprint density at radius 2 is 0.919 bits per heavy atom. The molecule has 0 aliphatic rings. The van der Waals surface area contributed by atoms with Crippen molar-refractivity contribution in [2.75, 3.05) is 27.7 Å². The lowest BCUT2D eigenvalue weighted by atomic mass is 10.0. The standard InChI is InChI=1S/C31H62NO4P/c1-5-6-7-8-9-10-11-12-13-14-15-16-17-18-19-20-21-22-23-24-25-26-27-28-29-31(33,37(34,35)36)30-32(2,3)4/h14-15,20-21,33H,5-13,16-19,22-30H2,1-4H3,(H-,34,35,36)/p+1/b15-14-,21-20-. The van der Waals surface area contributed by atoms with E-state index in [0.717, 1.165) is 25.7 Å². The number of unbranched alkanes of at least 4 members (excludes halogenated alkanes) is 17. The molecule has 37 heavy (non-hydrogen) atoms. The Balaban J connectivity index is 3.55. The largest absolute Gasteiger partial charge is 0.373 e. The fourth-order valence-electron chi connectivity index (χ4n) is 4.85. The zero-order valence-electron chi connectivity index (χ0n) is 25.0. The van der Waals surface area contributed by atoms with Crippen molar-refractivity contribution in [3.8, 4) is 0 Å². The average Bonchev–Trinajstić information content (AvgIpc) is 2.80. The van der Waals surface area contributed by atoms with Crippen molar-refractivity contribution in [2.24, 2.45) is 0 Å². The molecule has 0 aliphatic heterocycles. The summed E-state index contributed by atoms with van der Waals surface area (Å²) >= 11 is 0. The molecule has 5 nitrogen and oxygen atoms in total. The Bertz CT molecular complexity index is 623. The quantitative estimate of drug-likeness (QED) is 0.0440. The highest BCUT2D eigenvalue weighted by atomic mass is 31.2. The van der Waals surface area contributed by atoms with Crippen molar-refractivity contribution >= 4 is 7.60 Å². The molecule has 0 bridgehead atoms. The van der Waals surface area contributed by atoms with Gasteiger partial charge in [-0.25, -0.2) is 0 Å². The van der Waals surface area contributed by atoms with E-state index in [1.807, 2.05) is 21.1 Å². The summed E-state index contributed by atoms with van der Waals surface area (Å²) < 4.78 is 12.1. The molecule has 0 saturated heterocycles. The van der Waals surface area contributed by atoms with Gasteiger partial charge in [0.15, 0.2) is 0 Å². The molecule has 0 spiro atoms. The highest BCUT2D eigenvalue weighted by Crippen LogP contribution is 2.52. The van der Waals surface area contributed by atoms with Crippen molar-refractivity contribution in [2.45, 2.75) is 147 Å². The molecule has 0 heterocycles. The van der Waals surface area contributed by atoms with Gasteiger partial charge in [-0.2, -0.15) is 0 Å². The van der Waals surface area contributed by atoms with Crippen LogP contribution in [0, 0.1) is 0 Å². The summed E-state index contributed by atoms with van der Waals surface area (Å²) in [5.41, 5.74) is 0. The van der Waals surface area contributed by atoms with Gasteiger partial charge in [-0.15, -0.1) is 0 Å². The Hall–Kier alpha value is -0.450. The molecule has 3 N–H and O–H groups in total. The predicted molar refractivity (Wildman–Crippen MR) is 161 cm³/mol. The van der Waals surface area contributed by atoms with E-state index < -0.39 is 12.9 Å². The third-order valence-corrected chi connectivity index (χ3v) is 8.47. The van der Waals surface area contributed by atoms with Crippen LogP contribution in [0.3, 0.4) is 0 Å². The second kappa shape index (κ2) is 22.4. The molecule has 6 heteroatoms. The lowest BCUT2D eigenvalue weighted by molar-refractivity contribution is -0.875. The summed E-state index contributed by atoms with van der Waals surface area (Å²) in [5.74, 6) is 0. The van der Waals surface area contributed by atoms with Crippen molar-refractivity contribution in [1.82, 2.24) is 0 Å². The van der Waals surface area contributed by atoms with Crippen LogP contribution >= 0.6 is 7.60 Å². The molecule has 1 unspecified atom stereocenters. The first-order chi connectivity index (χ1) is 17.5. The van der Waals surface area contributed by atoms with Crippen molar-refractivity contribution in [1.29, 1.82) is 0 Å². The van der Waals surface area contributed by atoms with Crippen molar-refractivity contribution in [3.05, 3.63) is 24.3 Å². The molecule has 1 atom stereocenters. The Kier molecular flexibility index (Phi) is 22.1. The molecule has 0 aliphatic carbocycles. The van der Waals surface area contributed by atoms with Gasteiger partial charge in [-0.1, -0.05) is 102 Å². The van der Waals surface area contributed by atoms with Gasteiger partial charge in [-0.3, -0.25) is 4.57 Å². The topological polar surface area (TPSA) is 77.8 Å². The maximum absolute atomic E-state index is 11.8. The molecule has 0 amide bonds. The first-order valence-electron chi connectivity index (χ1n) is 15.4. The Morgan fingerprint density at radius 3 is 1.27 bits per heavy atom. The van der Waals surface area contributed by atoms with Gasteiger partial charge < -0.3 is 19.4 Å². The second-order valence-electron chi connectivity index (χ2n) is 12.1. The fraction of sp³-hybridized carbons (Fsp3) is 0.871. The second-order valence-corrected chi connectivity index (χ2v) is 14.0. The number of hydrogen-bond donors (Lipinski definition) is 3. The van der Waals surface area contributed by atoms with Crippen LogP contribution in [-0.4, -0.2) is 52.4 Å². The van der Waals surface area contributed by atoms with Crippen molar-refractivity contribution < 1.29 is 23.9 Å². The van der Waals surface area contributed by atoms with E-state index in [1.165, 1.54) is 96.3 Å². The summed E-state index contributed by atoms with van der Waals surface area (Å²) in [5, 5.41) is 8.65. The number of allylic oxidation sites excluding steroid dienone is 4. The minimum absolute atomic E-state index is 0.0552. The van der Waals surface area contributed by atoms with E-state index in [9.17, 15) is 19.5 Å². The third-order valence-electron chi connectivity index (χ3n) is 7.02. The molecule has 0 aromatic carbocycles. The smallest absolute Gasteiger partial charge is 0.362 e. The minimum atomic E-state index is -4.55. The predicted octanol–water partition coefficient (Wildman–Crippen LogP) is 8.88. The first-order valence-corrected chi connectivity index (χ1v) is 17.0. The normalized spacial score (nSPS) is 14.7. The monoisotopic (exact) mass is 544 g/mol. The number of aliphatic hydroxyl groups is 1. The summed E-state index contributed by atoms with van der Waals surface area (Å²) in [4.78, 5) is 19.2. The molecule has 220 valence electrons. The average molecular weight is 545 g/mol. The van der Waals surface area contributed by atoms with Gasteiger partial charge in [0, 0.05) is 0 Å². The fourth-order valence-corrected chi connectivity index (χ4v) is 5.90. The zero-order valence-corrected chi connectivity index (χ0v) is 25.9. The van der Waals surface area contributed by atoms with Crippen molar-refractivity contribution in [3.63, 3.8) is 0 Å². The van der Waals surface area contributed by atoms with Crippen LogP contribution in [0.5, 0.6) is 0 Å². The highest BCUT2D eigenvalue weighted by Gasteiger charge is 2.48. The van der Waals surface area contributed by atoms with Gasteiger partial charge in [-0.05, 0) is 64.2 Å². The molecular formula is C31H63NO4P+. The molecule has 0 saturated carbocycles. The van der Waals surface area contributed by atoms with Gasteiger partial charge in [0.1, 0.15) is 6.54 Å². The van der Waals surface area contributed by atoms with Gasteiger partial charge >= 0.3 is 7.60 Å². The number of likely N-dealkylation sites (N-methyl/N-ethyl adjacent to an activating group) is 1. The van der Waals surface area contributed by atoms with E-state index in [0.29, 0.717) is 10.9 Å². The molecule has 0 radical (unpaired) electrons. The van der Waals surface area contributed by atoms with Crippen LogP contribution < -0.4 is 0 Å². The molecular weight excluding hydrogens is 481 g/mol. The van der Waals surface area contributed by atoms with Crippen LogP contribution in [-0.2, 0) is 4.57 Å². The molecule has 0 rings (SSSR count). The maximum Gasteiger partial charge on any atom is 0.362 e.